The summed E-state index contributed by atoms with van der Waals surface area (Å²) < 4.78 is 0. The molecule has 4 heteroatoms. The Morgan fingerprint density at radius 1 is 1.70 bits per heavy atom. The van der Waals surface area contributed by atoms with Crippen LogP contribution >= 0.6 is 0 Å². The molecule has 0 heterocycles. The SMILES string of the molecule is CC=NC(=O)N(N)C(C)C. The van der Waals surface area contributed by atoms with Crippen LogP contribution in [0.1, 0.15) is 20.8 Å². The first-order chi connectivity index (χ1) is 4.59. The van der Waals surface area contributed by atoms with E-state index in [1.54, 1.807) is 6.92 Å². The minimum Gasteiger partial charge on any atom is -0.258 e. The number of nitrogens with zero attached hydrogens (tertiary/aromatic N) is 2. The molecule has 0 saturated carbocycles. The van der Waals surface area contributed by atoms with Gasteiger partial charge in [0.25, 0.3) is 0 Å². The fourth-order valence-corrected chi connectivity index (χ4v) is 0.398. The molecule has 0 aromatic carbocycles. The Labute approximate surface area is 60.7 Å². The molecule has 10 heavy (non-hydrogen) atoms. The van der Waals surface area contributed by atoms with Crippen molar-refractivity contribution in [3.05, 3.63) is 0 Å². The van der Waals surface area contributed by atoms with Gasteiger partial charge in [-0.25, -0.2) is 15.6 Å². The zero-order chi connectivity index (χ0) is 8.15. The van der Waals surface area contributed by atoms with E-state index in [0.717, 1.165) is 5.01 Å². The summed E-state index contributed by atoms with van der Waals surface area (Å²) in [5, 5.41) is 1.08. The summed E-state index contributed by atoms with van der Waals surface area (Å²) in [7, 11) is 0. The smallest absolute Gasteiger partial charge is 0.258 e. The number of amides is 2. The standard InChI is InChI=1S/C6H13N3O/c1-4-8-6(10)9(7)5(2)3/h4-5H,7H2,1-3H3. The molecule has 0 unspecified atom stereocenters. The zero-order valence-corrected chi connectivity index (χ0v) is 6.53. The molecular formula is C6H13N3O. The summed E-state index contributed by atoms with van der Waals surface area (Å²) in [6.45, 7) is 5.32. The highest BCUT2D eigenvalue weighted by atomic mass is 16.2. The molecule has 4 nitrogen and oxygen atoms in total. The lowest BCUT2D eigenvalue weighted by Gasteiger charge is -2.17. The molecule has 0 bridgehead atoms. The number of carbonyl (C=O) groups excluding carboxylic acids is 1. The van der Waals surface area contributed by atoms with Crippen molar-refractivity contribution in [3.63, 3.8) is 0 Å². The molecule has 0 saturated heterocycles. The summed E-state index contributed by atoms with van der Waals surface area (Å²) in [5.41, 5.74) is 0. The van der Waals surface area contributed by atoms with Crippen molar-refractivity contribution in [2.45, 2.75) is 26.8 Å². The molecular weight excluding hydrogens is 130 g/mol. The highest BCUT2D eigenvalue weighted by Crippen LogP contribution is 1.92. The quantitative estimate of drug-likeness (QED) is 0.255. The van der Waals surface area contributed by atoms with Crippen LogP contribution in [0.2, 0.25) is 0 Å². The van der Waals surface area contributed by atoms with Crippen LogP contribution < -0.4 is 5.84 Å². The van der Waals surface area contributed by atoms with Gasteiger partial charge in [0.15, 0.2) is 0 Å². The maximum atomic E-state index is 10.8. The predicted molar refractivity (Wildman–Crippen MR) is 40.7 cm³/mol. The van der Waals surface area contributed by atoms with Gasteiger partial charge in [-0.2, -0.15) is 0 Å². The second-order valence-corrected chi connectivity index (χ2v) is 2.17. The van der Waals surface area contributed by atoms with Crippen molar-refractivity contribution in [1.82, 2.24) is 5.01 Å². The van der Waals surface area contributed by atoms with E-state index < -0.39 is 6.03 Å². The summed E-state index contributed by atoms with van der Waals surface area (Å²) >= 11 is 0. The van der Waals surface area contributed by atoms with Gasteiger partial charge in [0, 0.05) is 12.3 Å². The third-order valence-electron chi connectivity index (χ3n) is 1.02. The highest BCUT2D eigenvalue weighted by molar-refractivity contribution is 5.82. The molecule has 58 valence electrons. The topological polar surface area (TPSA) is 58.7 Å². The van der Waals surface area contributed by atoms with Gasteiger partial charge in [-0.15, -0.1) is 0 Å². The third kappa shape index (κ3) is 2.59. The van der Waals surface area contributed by atoms with Crippen molar-refractivity contribution in [2.75, 3.05) is 0 Å². The van der Waals surface area contributed by atoms with Crippen LogP contribution in [0.15, 0.2) is 4.99 Å². The molecule has 0 rings (SSSR count). The highest BCUT2D eigenvalue weighted by Gasteiger charge is 2.09. The molecule has 0 aromatic heterocycles. The Bertz CT molecular complexity index is 142. The van der Waals surface area contributed by atoms with E-state index in [-0.39, 0.29) is 6.04 Å². The van der Waals surface area contributed by atoms with Crippen LogP contribution in [-0.4, -0.2) is 23.3 Å². The number of nitrogens with two attached hydrogens (primary N) is 1. The summed E-state index contributed by atoms with van der Waals surface area (Å²) in [4.78, 5) is 14.3. The maximum Gasteiger partial charge on any atom is 0.357 e. The van der Waals surface area contributed by atoms with Gasteiger partial charge in [0.1, 0.15) is 0 Å². The van der Waals surface area contributed by atoms with Gasteiger partial charge < -0.3 is 0 Å². The Morgan fingerprint density at radius 3 is 2.50 bits per heavy atom. The van der Waals surface area contributed by atoms with Crippen molar-refractivity contribution in [1.29, 1.82) is 0 Å². The monoisotopic (exact) mass is 143 g/mol. The lowest BCUT2D eigenvalue weighted by atomic mass is 10.4. The van der Waals surface area contributed by atoms with Gasteiger partial charge >= 0.3 is 6.03 Å². The van der Waals surface area contributed by atoms with E-state index in [9.17, 15) is 4.79 Å². The average molecular weight is 143 g/mol. The molecule has 0 fully saturated rings. The number of hydrazine groups is 1. The number of carbonyl (C=O) groups is 1. The van der Waals surface area contributed by atoms with E-state index in [1.807, 2.05) is 13.8 Å². The first kappa shape index (κ1) is 9.10. The average Bonchev–Trinajstić information content (AvgIpc) is 1.87. The second kappa shape index (κ2) is 4.00. The fourth-order valence-electron chi connectivity index (χ4n) is 0.398. The number of aliphatic imine (C=N–C) groups is 1. The number of urea groups is 1. The van der Waals surface area contributed by atoms with E-state index >= 15 is 0 Å². The minimum atomic E-state index is -0.405. The molecule has 0 aliphatic carbocycles. The van der Waals surface area contributed by atoms with Crippen molar-refractivity contribution < 1.29 is 4.79 Å². The van der Waals surface area contributed by atoms with Crippen LogP contribution in [0.3, 0.4) is 0 Å². The number of hydrogen-bond donors (Lipinski definition) is 1. The van der Waals surface area contributed by atoms with Crippen LogP contribution in [0.4, 0.5) is 4.79 Å². The predicted octanol–water partition coefficient (Wildman–Crippen LogP) is 0.781. The second-order valence-electron chi connectivity index (χ2n) is 2.17. The van der Waals surface area contributed by atoms with E-state index in [2.05, 4.69) is 4.99 Å². The fraction of sp³-hybridized carbons (Fsp3) is 0.667. The number of hydrogen-bond acceptors (Lipinski definition) is 2. The largest absolute Gasteiger partial charge is 0.357 e. The van der Waals surface area contributed by atoms with Crippen molar-refractivity contribution in [2.24, 2.45) is 10.8 Å². The van der Waals surface area contributed by atoms with Crippen LogP contribution in [-0.2, 0) is 0 Å². The molecule has 0 aliphatic heterocycles. The van der Waals surface area contributed by atoms with Gasteiger partial charge in [0.2, 0.25) is 0 Å². The van der Waals surface area contributed by atoms with Gasteiger partial charge in [-0.1, -0.05) is 0 Å². The Balaban J connectivity index is 3.95. The van der Waals surface area contributed by atoms with Crippen LogP contribution in [0.5, 0.6) is 0 Å². The molecule has 2 N–H and O–H groups in total. The van der Waals surface area contributed by atoms with Gasteiger partial charge in [-0.05, 0) is 20.8 Å². The lowest BCUT2D eigenvalue weighted by Crippen LogP contribution is -2.40. The van der Waals surface area contributed by atoms with Gasteiger partial charge in [0.05, 0.1) is 0 Å². The number of rotatable bonds is 1. The molecule has 2 amide bonds. The lowest BCUT2D eigenvalue weighted by molar-refractivity contribution is 0.195. The first-order valence-electron chi connectivity index (χ1n) is 3.16. The van der Waals surface area contributed by atoms with Crippen LogP contribution in [0.25, 0.3) is 0 Å². The molecule has 0 aromatic rings. The molecule has 0 aliphatic rings. The van der Waals surface area contributed by atoms with Gasteiger partial charge in [-0.3, -0.25) is 5.01 Å². The molecule has 0 atom stereocenters. The van der Waals surface area contributed by atoms with Crippen molar-refractivity contribution in [3.8, 4) is 0 Å². The maximum absolute atomic E-state index is 10.8. The zero-order valence-electron chi connectivity index (χ0n) is 6.53. The minimum absolute atomic E-state index is 0.00352. The molecule has 0 spiro atoms. The van der Waals surface area contributed by atoms with E-state index in [4.69, 9.17) is 5.84 Å². The van der Waals surface area contributed by atoms with E-state index in [0.29, 0.717) is 0 Å². The summed E-state index contributed by atoms with van der Waals surface area (Å²) in [6, 6.07) is -0.409. The summed E-state index contributed by atoms with van der Waals surface area (Å²) in [6.07, 6.45) is 1.42. The molecule has 0 radical (unpaired) electrons. The Morgan fingerprint density at radius 2 is 2.20 bits per heavy atom. The normalized spacial score (nSPS) is 10.9. The van der Waals surface area contributed by atoms with Crippen LogP contribution in [0, 0.1) is 0 Å². The first-order valence-corrected chi connectivity index (χ1v) is 3.16. The Kier molecular flexibility index (Phi) is 3.64. The van der Waals surface area contributed by atoms with Crippen molar-refractivity contribution >= 4 is 12.2 Å². The third-order valence-corrected chi connectivity index (χ3v) is 1.02. The Hall–Kier alpha value is -0.900. The van der Waals surface area contributed by atoms with E-state index in [1.165, 1.54) is 6.21 Å². The summed E-state index contributed by atoms with van der Waals surface area (Å²) in [5.74, 6) is 5.32.